The number of carbonyl (C=O) groups is 1. The molecule has 19 nitrogen and oxygen atoms in total. The van der Waals surface area contributed by atoms with Gasteiger partial charge in [-0.3, -0.25) is 4.79 Å². The van der Waals surface area contributed by atoms with Crippen LogP contribution in [0.15, 0.2) is 144 Å². The van der Waals surface area contributed by atoms with E-state index < -0.39 is 5.97 Å². The fourth-order valence-corrected chi connectivity index (χ4v) is 6.53. The standard InChI is InChI=1S/C42H40N8O11S2/c1-25-18-32(46-50-41-39(63-61-59-55)22-28-21-31(8-14-35(28)42(41)53)43-23-56-17-16-40(51)52)9-15-36(25)47-49-38-20-26(2)37(19-27(38)3)48-45-30-4-10-33(11-5-30)57-24-44-29-6-12-34(13-7-29)62-60-58-54/h4-15,18-22,43-44,53-55H,16-17,23-24H2,1-3H3,(H,51,52). The van der Waals surface area contributed by atoms with Crippen molar-refractivity contribution >= 4 is 86.3 Å². The molecular formula is C42H40N8O11S2. The minimum Gasteiger partial charge on any atom is -0.505 e. The molecule has 6 aromatic rings. The zero-order valence-electron chi connectivity index (χ0n) is 33.8. The molecule has 0 fully saturated rings. The summed E-state index contributed by atoms with van der Waals surface area (Å²) in [6, 6.07) is 30.4. The lowest BCUT2D eigenvalue weighted by Crippen LogP contribution is -2.09. The first-order chi connectivity index (χ1) is 30.6. The number of fused-ring (bicyclic) bond motifs is 1. The Kier molecular flexibility index (Phi) is 16.8. The molecule has 0 atom stereocenters. The van der Waals surface area contributed by atoms with Crippen molar-refractivity contribution in [3.05, 3.63) is 120 Å². The molecule has 21 heteroatoms. The summed E-state index contributed by atoms with van der Waals surface area (Å²) in [5, 5.41) is 78.2. The number of anilines is 2. The van der Waals surface area contributed by atoms with Crippen LogP contribution >= 0.6 is 24.1 Å². The number of aromatic hydroxyl groups is 1. The average Bonchev–Trinajstić information content (AvgIpc) is 3.28. The summed E-state index contributed by atoms with van der Waals surface area (Å²) in [6.07, 6.45) is -0.115. The van der Waals surface area contributed by atoms with Crippen LogP contribution in [0.25, 0.3) is 10.8 Å². The van der Waals surface area contributed by atoms with Crippen LogP contribution < -0.4 is 15.4 Å². The lowest BCUT2D eigenvalue weighted by molar-refractivity contribution is -0.432. The highest BCUT2D eigenvalue weighted by Crippen LogP contribution is 2.45. The molecule has 0 aliphatic heterocycles. The zero-order valence-corrected chi connectivity index (χ0v) is 35.4. The molecular weight excluding hydrogens is 857 g/mol. The summed E-state index contributed by atoms with van der Waals surface area (Å²) in [4.78, 5) is 11.7. The van der Waals surface area contributed by atoms with Gasteiger partial charge in [-0.05, 0) is 146 Å². The summed E-state index contributed by atoms with van der Waals surface area (Å²) in [7, 11) is 0. The smallest absolute Gasteiger partial charge is 0.305 e. The van der Waals surface area contributed by atoms with E-state index in [1.165, 1.54) is 0 Å². The minimum absolute atomic E-state index is 0.0536. The Morgan fingerprint density at radius 1 is 0.635 bits per heavy atom. The quantitative estimate of drug-likeness (QED) is 0.00925. The van der Waals surface area contributed by atoms with Crippen LogP contribution in [0.3, 0.4) is 0 Å². The van der Waals surface area contributed by atoms with Crippen molar-refractivity contribution in [2.24, 2.45) is 30.7 Å². The van der Waals surface area contributed by atoms with Gasteiger partial charge in [-0.25, -0.2) is 10.5 Å². The number of phenolic OH excluding ortho intramolecular Hbond substituents is 1. The summed E-state index contributed by atoms with van der Waals surface area (Å²) in [5.74, 6) is -0.482. The third-order valence-corrected chi connectivity index (χ3v) is 10.1. The van der Waals surface area contributed by atoms with E-state index in [1.807, 2.05) is 69.3 Å². The average molecular weight is 897 g/mol. The van der Waals surface area contributed by atoms with Crippen molar-refractivity contribution in [3.8, 4) is 11.5 Å². The zero-order chi connectivity index (χ0) is 44.6. The highest BCUT2D eigenvalue weighted by atomic mass is 32.2. The molecule has 63 heavy (non-hydrogen) atoms. The molecule has 0 aromatic heterocycles. The van der Waals surface area contributed by atoms with E-state index in [0.717, 1.165) is 39.3 Å². The molecule has 6 aromatic carbocycles. The molecule has 0 aliphatic carbocycles. The molecule has 0 amide bonds. The molecule has 6 N–H and O–H groups in total. The topological polar surface area (TPSA) is 252 Å². The number of rotatable bonds is 22. The third-order valence-electron chi connectivity index (χ3n) is 8.91. The number of phenols is 1. The van der Waals surface area contributed by atoms with Crippen LogP contribution in [-0.2, 0) is 28.3 Å². The first-order valence-corrected chi connectivity index (χ1v) is 20.2. The van der Waals surface area contributed by atoms with Gasteiger partial charge in [-0.15, -0.1) is 13.8 Å². The Bertz CT molecular complexity index is 2600. The van der Waals surface area contributed by atoms with E-state index in [-0.39, 0.29) is 37.9 Å². The van der Waals surface area contributed by atoms with Crippen LogP contribution in [-0.4, -0.2) is 46.8 Å². The third kappa shape index (κ3) is 13.5. The molecule has 0 bridgehead atoms. The molecule has 0 aliphatic rings. The fourth-order valence-electron chi connectivity index (χ4n) is 5.68. The van der Waals surface area contributed by atoms with E-state index in [2.05, 4.69) is 60.1 Å². The second-order valence-corrected chi connectivity index (χ2v) is 14.8. The predicted molar refractivity (Wildman–Crippen MR) is 235 cm³/mol. The maximum atomic E-state index is 11.2. The molecule has 0 spiro atoms. The number of benzene rings is 6. The van der Waals surface area contributed by atoms with Crippen molar-refractivity contribution in [2.75, 3.05) is 30.7 Å². The van der Waals surface area contributed by atoms with Crippen LogP contribution in [0.4, 0.5) is 45.5 Å². The highest BCUT2D eigenvalue weighted by molar-refractivity contribution is 7.94. The number of ether oxygens (including phenoxy) is 2. The van der Waals surface area contributed by atoms with E-state index in [4.69, 9.17) is 25.1 Å². The SMILES string of the molecule is Cc1cc(N=Nc2ccc(N=Nc3c(SOOO)cc4cc(NCOCCC(=O)O)ccc4c3O)cc2C)c(C)cc1N=Nc1ccc(OCNc2ccc(SOOO)cc2)cc1. The van der Waals surface area contributed by atoms with Crippen molar-refractivity contribution in [3.63, 3.8) is 0 Å². The Morgan fingerprint density at radius 2 is 1.25 bits per heavy atom. The Hall–Kier alpha value is -6.53. The van der Waals surface area contributed by atoms with Gasteiger partial charge in [0.15, 0.2) is 12.5 Å². The first-order valence-electron chi connectivity index (χ1n) is 18.8. The molecule has 0 unspecified atom stereocenters. The minimum atomic E-state index is -0.953. The van der Waals surface area contributed by atoms with E-state index in [9.17, 15) is 9.90 Å². The highest BCUT2D eigenvalue weighted by Gasteiger charge is 2.16. The van der Waals surface area contributed by atoms with Gasteiger partial charge in [-0.1, -0.05) is 10.1 Å². The lowest BCUT2D eigenvalue weighted by Gasteiger charge is -2.12. The normalized spacial score (nSPS) is 11.6. The Morgan fingerprint density at radius 3 is 1.95 bits per heavy atom. The van der Waals surface area contributed by atoms with Crippen molar-refractivity contribution in [1.82, 2.24) is 0 Å². The van der Waals surface area contributed by atoms with Crippen LogP contribution in [0, 0.1) is 20.8 Å². The second-order valence-electron chi connectivity index (χ2n) is 13.3. The Labute approximate surface area is 368 Å². The number of carboxylic acids is 1. The number of carboxylic acid groups (broad SMARTS) is 1. The monoisotopic (exact) mass is 896 g/mol. The number of aryl methyl sites for hydroxylation is 3. The van der Waals surface area contributed by atoms with Gasteiger partial charge in [0.2, 0.25) is 0 Å². The van der Waals surface area contributed by atoms with E-state index in [1.54, 1.807) is 54.6 Å². The Balaban J connectivity index is 1.06. The van der Waals surface area contributed by atoms with Crippen molar-refractivity contribution in [2.45, 2.75) is 37.0 Å². The van der Waals surface area contributed by atoms with Crippen LogP contribution in [0.1, 0.15) is 23.1 Å². The van der Waals surface area contributed by atoms with Gasteiger partial charge in [0.05, 0.1) is 70.4 Å². The molecule has 6 rings (SSSR count). The predicted octanol–water partition coefficient (Wildman–Crippen LogP) is 12.9. The van der Waals surface area contributed by atoms with E-state index in [0.29, 0.717) is 67.6 Å². The molecule has 0 saturated heterocycles. The summed E-state index contributed by atoms with van der Waals surface area (Å²) in [5.41, 5.74) is 7.16. The first kappa shape index (κ1) is 46.0. The fraction of sp³-hybridized carbons (Fsp3) is 0.167. The van der Waals surface area contributed by atoms with Gasteiger partial charge in [-0.2, -0.15) is 25.6 Å². The molecule has 0 heterocycles. The molecule has 0 radical (unpaired) electrons. The maximum absolute atomic E-state index is 11.2. The summed E-state index contributed by atoms with van der Waals surface area (Å²) < 4.78 is 20.2. The molecule has 0 saturated carbocycles. The van der Waals surface area contributed by atoms with Gasteiger partial charge in [0.1, 0.15) is 18.2 Å². The van der Waals surface area contributed by atoms with Crippen LogP contribution in [0.2, 0.25) is 0 Å². The number of aliphatic carboxylic acids is 1. The number of nitrogens with zero attached hydrogens (tertiary/aromatic N) is 6. The van der Waals surface area contributed by atoms with Gasteiger partial charge >= 0.3 is 5.97 Å². The number of hydrogen-bond donors (Lipinski definition) is 6. The molecule has 326 valence electrons. The van der Waals surface area contributed by atoms with Gasteiger partial charge in [0, 0.05) is 21.7 Å². The van der Waals surface area contributed by atoms with Crippen LogP contribution in [0.5, 0.6) is 11.5 Å². The van der Waals surface area contributed by atoms with Gasteiger partial charge in [0.25, 0.3) is 0 Å². The van der Waals surface area contributed by atoms with Gasteiger partial charge < -0.3 is 30.3 Å². The maximum Gasteiger partial charge on any atom is 0.305 e. The van der Waals surface area contributed by atoms with Crippen molar-refractivity contribution < 1.29 is 53.7 Å². The largest absolute Gasteiger partial charge is 0.505 e. The number of azo groups is 3. The van der Waals surface area contributed by atoms with E-state index >= 15 is 0 Å². The summed E-state index contributed by atoms with van der Waals surface area (Å²) >= 11 is 1.50. The summed E-state index contributed by atoms with van der Waals surface area (Å²) in [6.45, 7) is 6.08. The number of hydrogen-bond acceptors (Lipinski definition) is 20. The van der Waals surface area contributed by atoms with Crippen molar-refractivity contribution in [1.29, 1.82) is 0 Å². The lowest BCUT2D eigenvalue weighted by atomic mass is 10.1. The number of nitrogens with one attached hydrogen (secondary N) is 2. The second kappa shape index (κ2) is 23.1.